The van der Waals surface area contributed by atoms with Gasteiger partial charge in [-0.2, -0.15) is 0 Å². The molecule has 3 nitrogen and oxygen atoms in total. The summed E-state index contributed by atoms with van der Waals surface area (Å²) in [4.78, 5) is 11.4. The van der Waals surface area contributed by atoms with Gasteiger partial charge >= 0.3 is 5.97 Å². The molecule has 98 valence electrons. The lowest BCUT2D eigenvalue weighted by atomic mass is 10.0. The minimum atomic E-state index is -0.927. The first-order valence-corrected chi connectivity index (χ1v) is 6.25. The van der Waals surface area contributed by atoms with Gasteiger partial charge in [0.15, 0.2) is 6.04 Å². The number of aliphatic carboxylic acids is 1. The highest BCUT2D eigenvalue weighted by molar-refractivity contribution is 6.30. The van der Waals surface area contributed by atoms with Crippen LogP contribution in [-0.4, -0.2) is 11.1 Å². The minimum Gasteiger partial charge on any atom is -0.479 e. The number of aryl methyl sites for hydroxylation is 1. The van der Waals surface area contributed by atoms with Crippen LogP contribution in [0.25, 0.3) is 0 Å². The van der Waals surface area contributed by atoms with Crippen molar-refractivity contribution in [2.75, 3.05) is 5.32 Å². The number of hydrogen-bond donors (Lipinski definition) is 2. The molecule has 2 aromatic carbocycles. The number of anilines is 1. The summed E-state index contributed by atoms with van der Waals surface area (Å²) in [6, 6.07) is 13.6. The SMILES string of the molecule is Cc1ccc(C(Nc2cccc(Cl)c2)C(=O)O)cc1. The fourth-order valence-electron chi connectivity index (χ4n) is 1.79. The number of carbonyl (C=O) groups is 1. The zero-order valence-electron chi connectivity index (χ0n) is 10.4. The Balaban J connectivity index is 2.26. The van der Waals surface area contributed by atoms with Crippen LogP contribution in [0, 0.1) is 6.92 Å². The molecule has 4 heteroatoms. The van der Waals surface area contributed by atoms with Crippen LogP contribution in [0.5, 0.6) is 0 Å². The lowest BCUT2D eigenvalue weighted by molar-refractivity contribution is -0.138. The van der Waals surface area contributed by atoms with Gasteiger partial charge < -0.3 is 10.4 Å². The van der Waals surface area contributed by atoms with Crippen molar-refractivity contribution in [3.8, 4) is 0 Å². The highest BCUT2D eigenvalue weighted by Gasteiger charge is 2.19. The second-order valence-corrected chi connectivity index (χ2v) is 4.77. The van der Waals surface area contributed by atoms with E-state index in [1.807, 2.05) is 31.2 Å². The van der Waals surface area contributed by atoms with Crippen molar-refractivity contribution >= 4 is 23.3 Å². The first-order valence-electron chi connectivity index (χ1n) is 5.88. The number of rotatable bonds is 4. The summed E-state index contributed by atoms with van der Waals surface area (Å²) in [5, 5.41) is 12.9. The normalized spacial score (nSPS) is 11.9. The van der Waals surface area contributed by atoms with E-state index in [1.165, 1.54) is 0 Å². The number of benzene rings is 2. The number of carboxylic acids is 1. The van der Waals surface area contributed by atoms with Crippen LogP contribution in [-0.2, 0) is 4.79 Å². The predicted molar refractivity (Wildman–Crippen MR) is 76.6 cm³/mol. The first kappa shape index (κ1) is 13.4. The number of hydrogen-bond acceptors (Lipinski definition) is 2. The zero-order valence-corrected chi connectivity index (χ0v) is 11.2. The highest BCUT2D eigenvalue weighted by Crippen LogP contribution is 2.22. The molecule has 1 atom stereocenters. The Hall–Kier alpha value is -2.00. The molecule has 19 heavy (non-hydrogen) atoms. The summed E-state index contributed by atoms with van der Waals surface area (Å²) < 4.78 is 0. The van der Waals surface area contributed by atoms with Crippen LogP contribution in [0.15, 0.2) is 48.5 Å². The molecule has 0 saturated heterocycles. The molecule has 0 aliphatic heterocycles. The molecule has 0 aliphatic rings. The third-order valence-corrected chi connectivity index (χ3v) is 3.03. The van der Waals surface area contributed by atoms with E-state index < -0.39 is 12.0 Å². The summed E-state index contributed by atoms with van der Waals surface area (Å²) in [5.74, 6) is -0.927. The smallest absolute Gasteiger partial charge is 0.330 e. The van der Waals surface area contributed by atoms with E-state index in [9.17, 15) is 9.90 Å². The maximum atomic E-state index is 11.4. The molecule has 0 aromatic heterocycles. The van der Waals surface area contributed by atoms with E-state index in [4.69, 9.17) is 11.6 Å². The van der Waals surface area contributed by atoms with Crippen molar-refractivity contribution in [2.45, 2.75) is 13.0 Å². The van der Waals surface area contributed by atoms with Crippen molar-refractivity contribution in [3.63, 3.8) is 0 Å². The number of halogens is 1. The molecule has 0 spiro atoms. The molecule has 2 rings (SSSR count). The quantitative estimate of drug-likeness (QED) is 0.890. The molecule has 2 aromatic rings. The molecule has 2 N–H and O–H groups in total. The van der Waals surface area contributed by atoms with Crippen molar-refractivity contribution < 1.29 is 9.90 Å². The fraction of sp³-hybridized carbons (Fsp3) is 0.133. The monoisotopic (exact) mass is 275 g/mol. The maximum Gasteiger partial charge on any atom is 0.330 e. The van der Waals surface area contributed by atoms with Crippen molar-refractivity contribution in [1.29, 1.82) is 0 Å². The Morgan fingerprint density at radius 3 is 2.47 bits per heavy atom. The summed E-state index contributed by atoms with van der Waals surface area (Å²) in [5.41, 5.74) is 2.48. The van der Waals surface area contributed by atoms with Crippen molar-refractivity contribution in [2.24, 2.45) is 0 Å². The van der Waals surface area contributed by atoms with E-state index in [2.05, 4.69) is 5.32 Å². The van der Waals surface area contributed by atoms with Gasteiger partial charge in [-0.15, -0.1) is 0 Å². The Morgan fingerprint density at radius 2 is 1.89 bits per heavy atom. The Labute approximate surface area is 116 Å². The van der Waals surface area contributed by atoms with Gasteiger partial charge in [0.25, 0.3) is 0 Å². The Kier molecular flexibility index (Phi) is 4.07. The van der Waals surface area contributed by atoms with Crippen molar-refractivity contribution in [1.82, 2.24) is 0 Å². The van der Waals surface area contributed by atoms with Crippen LogP contribution in [0.2, 0.25) is 5.02 Å². The standard InChI is InChI=1S/C15H14ClNO2/c1-10-5-7-11(8-6-10)14(15(18)19)17-13-4-2-3-12(16)9-13/h2-9,14,17H,1H3,(H,18,19). The number of nitrogens with one attached hydrogen (secondary N) is 1. The molecule has 0 saturated carbocycles. The van der Waals surface area contributed by atoms with E-state index in [0.29, 0.717) is 16.3 Å². The topological polar surface area (TPSA) is 49.3 Å². The predicted octanol–water partition coefficient (Wildman–Crippen LogP) is 3.89. The van der Waals surface area contributed by atoms with Crippen molar-refractivity contribution in [3.05, 3.63) is 64.7 Å². The van der Waals surface area contributed by atoms with Gasteiger partial charge in [0.2, 0.25) is 0 Å². The molecular formula is C15H14ClNO2. The van der Waals surface area contributed by atoms with E-state index in [0.717, 1.165) is 5.56 Å². The van der Waals surface area contributed by atoms with Gasteiger partial charge in [-0.3, -0.25) is 0 Å². The number of carboxylic acid groups (broad SMARTS) is 1. The lowest BCUT2D eigenvalue weighted by Gasteiger charge is -2.16. The average molecular weight is 276 g/mol. The molecule has 0 heterocycles. The average Bonchev–Trinajstić information content (AvgIpc) is 2.37. The Morgan fingerprint density at radius 1 is 1.21 bits per heavy atom. The van der Waals surface area contributed by atoms with Crippen LogP contribution < -0.4 is 5.32 Å². The molecule has 0 aliphatic carbocycles. The molecule has 0 fully saturated rings. The van der Waals surface area contributed by atoms with E-state index in [-0.39, 0.29) is 0 Å². The second kappa shape index (κ2) is 5.76. The molecule has 0 radical (unpaired) electrons. The van der Waals surface area contributed by atoms with Gasteiger partial charge in [0.05, 0.1) is 0 Å². The van der Waals surface area contributed by atoms with Crippen LogP contribution in [0.4, 0.5) is 5.69 Å². The first-order chi connectivity index (χ1) is 9.06. The summed E-state index contributed by atoms with van der Waals surface area (Å²) in [7, 11) is 0. The summed E-state index contributed by atoms with van der Waals surface area (Å²) in [6.07, 6.45) is 0. The molecular weight excluding hydrogens is 262 g/mol. The van der Waals surface area contributed by atoms with Crippen LogP contribution in [0.3, 0.4) is 0 Å². The van der Waals surface area contributed by atoms with Gasteiger partial charge in [0, 0.05) is 10.7 Å². The third kappa shape index (κ3) is 3.48. The molecule has 0 amide bonds. The van der Waals surface area contributed by atoms with Crippen LogP contribution in [0.1, 0.15) is 17.2 Å². The van der Waals surface area contributed by atoms with E-state index >= 15 is 0 Å². The minimum absolute atomic E-state index is 0.568. The maximum absolute atomic E-state index is 11.4. The van der Waals surface area contributed by atoms with Gasteiger partial charge in [0.1, 0.15) is 0 Å². The zero-order chi connectivity index (χ0) is 13.8. The molecule has 0 bridgehead atoms. The lowest BCUT2D eigenvalue weighted by Crippen LogP contribution is -2.20. The Bertz CT molecular complexity index is 581. The third-order valence-electron chi connectivity index (χ3n) is 2.79. The highest BCUT2D eigenvalue weighted by atomic mass is 35.5. The van der Waals surface area contributed by atoms with Gasteiger partial charge in [-0.25, -0.2) is 4.79 Å². The summed E-state index contributed by atoms with van der Waals surface area (Å²) in [6.45, 7) is 1.96. The molecule has 1 unspecified atom stereocenters. The summed E-state index contributed by atoms with van der Waals surface area (Å²) >= 11 is 5.89. The largest absolute Gasteiger partial charge is 0.479 e. The van der Waals surface area contributed by atoms with E-state index in [1.54, 1.807) is 24.3 Å². The van der Waals surface area contributed by atoms with Crippen LogP contribution >= 0.6 is 11.6 Å². The second-order valence-electron chi connectivity index (χ2n) is 4.34. The fourth-order valence-corrected chi connectivity index (χ4v) is 1.98. The van der Waals surface area contributed by atoms with Gasteiger partial charge in [-0.05, 0) is 30.7 Å². The van der Waals surface area contributed by atoms with Gasteiger partial charge in [-0.1, -0.05) is 47.5 Å².